The first-order valence-electron chi connectivity index (χ1n) is 4.16. The summed E-state index contributed by atoms with van der Waals surface area (Å²) < 4.78 is 0. The minimum absolute atomic E-state index is 0.343. The van der Waals surface area contributed by atoms with Crippen LogP contribution >= 0.6 is 0 Å². The van der Waals surface area contributed by atoms with Gasteiger partial charge in [0.15, 0.2) is 0 Å². The van der Waals surface area contributed by atoms with Gasteiger partial charge in [-0.3, -0.25) is 0 Å². The van der Waals surface area contributed by atoms with Crippen molar-refractivity contribution in [2.75, 3.05) is 7.05 Å². The second kappa shape index (κ2) is 5.25. The Morgan fingerprint density at radius 3 is 2.45 bits per heavy atom. The van der Waals surface area contributed by atoms with Gasteiger partial charge in [0.05, 0.1) is 0 Å². The minimum atomic E-state index is -0.343. The Morgan fingerprint density at radius 1 is 1.55 bits per heavy atom. The Bertz CT molecular complexity index is 125. The fourth-order valence-electron chi connectivity index (χ4n) is 0.695. The molecule has 0 bridgehead atoms. The number of rotatable bonds is 4. The van der Waals surface area contributed by atoms with E-state index in [1.165, 1.54) is 0 Å². The highest BCUT2D eigenvalue weighted by molar-refractivity contribution is 6.47. The molecular weight excluding hydrogens is 137 g/mol. The summed E-state index contributed by atoms with van der Waals surface area (Å²) in [6.07, 6.45) is 4.76. The van der Waals surface area contributed by atoms with E-state index in [9.17, 15) is 5.02 Å². The average Bonchev–Trinajstić information content (AvgIpc) is 1.98. The van der Waals surface area contributed by atoms with Crippen LogP contribution in [-0.2, 0) is 0 Å². The first-order valence-corrected chi connectivity index (χ1v) is 4.16. The number of nitrogens with zero attached hydrogens (tertiary/aromatic N) is 1. The molecule has 0 saturated carbocycles. The normalized spacial score (nSPS) is 11.1. The van der Waals surface area contributed by atoms with E-state index in [2.05, 4.69) is 19.9 Å². The van der Waals surface area contributed by atoms with E-state index >= 15 is 0 Å². The zero-order valence-electron chi connectivity index (χ0n) is 7.91. The van der Waals surface area contributed by atoms with Gasteiger partial charge in [0, 0.05) is 0 Å². The van der Waals surface area contributed by atoms with Gasteiger partial charge in [-0.15, -0.1) is 0 Å². The molecule has 0 aromatic carbocycles. The molecule has 1 N–H and O–H groups in total. The van der Waals surface area contributed by atoms with Gasteiger partial charge in [-0.25, -0.2) is 0 Å². The fraction of sp³-hybridized carbons (Fsp3) is 0.750. The van der Waals surface area contributed by atoms with Crippen LogP contribution in [-0.4, -0.2) is 23.9 Å². The van der Waals surface area contributed by atoms with Crippen LogP contribution in [0.15, 0.2) is 12.3 Å². The molecule has 0 aliphatic rings. The number of hydrogen-bond acceptors (Lipinski definition) is 2. The topological polar surface area (TPSA) is 23.5 Å². The predicted octanol–water partition coefficient (Wildman–Crippen LogP) is 1.59. The van der Waals surface area contributed by atoms with Crippen molar-refractivity contribution in [1.82, 2.24) is 4.81 Å². The van der Waals surface area contributed by atoms with Crippen molar-refractivity contribution in [1.29, 1.82) is 0 Å². The molecule has 64 valence electrons. The predicted molar refractivity (Wildman–Crippen MR) is 50.2 cm³/mol. The number of allylic oxidation sites excluding steroid dienone is 1. The first-order chi connectivity index (χ1) is 5.07. The molecule has 0 rings (SSSR count). The Morgan fingerprint density at radius 2 is 2.09 bits per heavy atom. The molecule has 0 heterocycles. The Kier molecular flexibility index (Phi) is 5.04. The third-order valence-electron chi connectivity index (χ3n) is 1.54. The van der Waals surface area contributed by atoms with E-state index in [1.54, 1.807) is 0 Å². The van der Waals surface area contributed by atoms with Crippen LogP contribution in [0, 0.1) is 5.92 Å². The standard InChI is InChI=1S/C8H18BNO/c1-5-9(11)10(4)7-6-8(2)3/h6-8,11H,5H2,1-4H3/b7-6-. The summed E-state index contributed by atoms with van der Waals surface area (Å²) in [5, 5.41) is 9.31. The molecule has 0 fully saturated rings. The molecule has 0 aromatic rings. The summed E-state index contributed by atoms with van der Waals surface area (Å²) in [5.74, 6) is 0.543. The lowest BCUT2D eigenvalue weighted by molar-refractivity contribution is 0.480. The maximum atomic E-state index is 9.31. The summed E-state index contributed by atoms with van der Waals surface area (Å²) in [6.45, 7) is 6.19. The molecule has 0 saturated heterocycles. The average molecular weight is 155 g/mol. The summed E-state index contributed by atoms with van der Waals surface area (Å²) in [5.41, 5.74) is 0. The summed E-state index contributed by atoms with van der Waals surface area (Å²) in [4.78, 5) is 1.82. The number of hydrogen-bond donors (Lipinski definition) is 1. The second-order valence-electron chi connectivity index (χ2n) is 3.14. The Balaban J connectivity index is 3.75. The second-order valence-corrected chi connectivity index (χ2v) is 3.14. The van der Waals surface area contributed by atoms with Gasteiger partial charge < -0.3 is 9.83 Å². The highest BCUT2D eigenvalue weighted by Gasteiger charge is 2.10. The monoisotopic (exact) mass is 155 g/mol. The van der Waals surface area contributed by atoms with Crippen LogP contribution < -0.4 is 0 Å². The van der Waals surface area contributed by atoms with E-state index in [0.29, 0.717) is 5.92 Å². The molecule has 0 radical (unpaired) electrons. The third-order valence-corrected chi connectivity index (χ3v) is 1.54. The molecule has 0 spiro atoms. The van der Waals surface area contributed by atoms with Crippen LogP contribution in [0.2, 0.25) is 6.32 Å². The maximum absolute atomic E-state index is 9.31. The lowest BCUT2D eigenvalue weighted by Crippen LogP contribution is -2.30. The molecule has 3 heteroatoms. The third kappa shape index (κ3) is 4.90. The summed E-state index contributed by atoms with van der Waals surface area (Å²) >= 11 is 0. The Labute approximate surface area is 70.0 Å². The summed E-state index contributed by atoms with van der Waals surface area (Å²) in [6, 6.07) is 0. The van der Waals surface area contributed by atoms with Crippen molar-refractivity contribution in [3.05, 3.63) is 12.3 Å². The van der Waals surface area contributed by atoms with Gasteiger partial charge in [-0.05, 0) is 25.5 Å². The van der Waals surface area contributed by atoms with E-state index in [0.717, 1.165) is 6.32 Å². The zero-order chi connectivity index (χ0) is 8.85. The van der Waals surface area contributed by atoms with E-state index in [-0.39, 0.29) is 7.05 Å². The van der Waals surface area contributed by atoms with Crippen molar-refractivity contribution in [3.8, 4) is 0 Å². The van der Waals surface area contributed by atoms with Crippen molar-refractivity contribution < 1.29 is 5.02 Å². The van der Waals surface area contributed by atoms with Gasteiger partial charge in [-0.2, -0.15) is 0 Å². The van der Waals surface area contributed by atoms with Crippen molar-refractivity contribution >= 4 is 7.05 Å². The van der Waals surface area contributed by atoms with Gasteiger partial charge in [0.2, 0.25) is 0 Å². The molecule has 0 unspecified atom stereocenters. The van der Waals surface area contributed by atoms with Crippen LogP contribution in [0.1, 0.15) is 20.8 Å². The van der Waals surface area contributed by atoms with E-state index < -0.39 is 0 Å². The molecule has 11 heavy (non-hydrogen) atoms. The van der Waals surface area contributed by atoms with E-state index in [4.69, 9.17) is 0 Å². The van der Waals surface area contributed by atoms with E-state index in [1.807, 2.05) is 25.0 Å². The SMILES string of the molecule is CCB(O)N(C)/C=C\C(C)C. The first kappa shape index (κ1) is 10.6. The molecule has 0 amide bonds. The molecule has 0 aliphatic carbocycles. The summed E-state index contributed by atoms with van der Waals surface area (Å²) in [7, 11) is 1.54. The lowest BCUT2D eigenvalue weighted by atomic mass is 9.78. The highest BCUT2D eigenvalue weighted by atomic mass is 16.2. The van der Waals surface area contributed by atoms with Gasteiger partial charge in [-0.1, -0.05) is 26.8 Å². The van der Waals surface area contributed by atoms with Crippen molar-refractivity contribution in [3.63, 3.8) is 0 Å². The van der Waals surface area contributed by atoms with Crippen molar-refractivity contribution in [2.24, 2.45) is 5.92 Å². The van der Waals surface area contributed by atoms with Crippen LogP contribution in [0.25, 0.3) is 0 Å². The van der Waals surface area contributed by atoms with Crippen LogP contribution in [0.5, 0.6) is 0 Å². The molecule has 0 aromatic heterocycles. The minimum Gasteiger partial charge on any atom is -0.432 e. The molecule has 0 atom stereocenters. The molecule has 0 aliphatic heterocycles. The van der Waals surface area contributed by atoms with Gasteiger partial charge in [0.1, 0.15) is 0 Å². The molecular formula is C8H18BNO. The van der Waals surface area contributed by atoms with Crippen LogP contribution in [0.4, 0.5) is 0 Å². The smallest absolute Gasteiger partial charge is 0.411 e. The Hall–Kier alpha value is -0.435. The van der Waals surface area contributed by atoms with Gasteiger partial charge >= 0.3 is 7.05 Å². The maximum Gasteiger partial charge on any atom is 0.411 e. The highest BCUT2D eigenvalue weighted by Crippen LogP contribution is 1.98. The van der Waals surface area contributed by atoms with Gasteiger partial charge in [0.25, 0.3) is 0 Å². The largest absolute Gasteiger partial charge is 0.432 e. The quantitative estimate of drug-likeness (QED) is 0.623. The van der Waals surface area contributed by atoms with Crippen molar-refractivity contribution in [2.45, 2.75) is 27.1 Å². The van der Waals surface area contributed by atoms with Crippen LogP contribution in [0.3, 0.4) is 0 Å². The fourth-order valence-corrected chi connectivity index (χ4v) is 0.695. The molecule has 2 nitrogen and oxygen atoms in total. The lowest BCUT2D eigenvalue weighted by Gasteiger charge is -2.16. The zero-order valence-corrected chi connectivity index (χ0v) is 7.91.